The Labute approximate surface area is 114 Å². The number of ether oxygens (including phenoxy) is 1. The maximum atomic E-state index is 11.7. The van der Waals surface area contributed by atoms with E-state index in [1.807, 2.05) is 0 Å². The minimum absolute atomic E-state index is 0.166. The molecule has 1 aromatic rings. The fourth-order valence-corrected chi connectivity index (χ4v) is 1.87. The first-order valence-corrected chi connectivity index (χ1v) is 5.69. The average Bonchev–Trinajstić information content (AvgIpc) is 2.28. The second-order valence-electron chi connectivity index (χ2n) is 3.51. The standard InChI is InChI=1S/C11H11Cl2NO4/c1-5(11(16)17)14-10(15)6-3-7(12)9(18-2)8(13)4-6/h3-5H,1-2H3,(H,14,15)(H,16,17)/t5-/m0/s1. The Kier molecular flexibility index (Phi) is 4.81. The molecule has 1 aromatic carbocycles. The van der Waals surface area contributed by atoms with Crippen molar-refractivity contribution in [2.75, 3.05) is 7.11 Å². The second kappa shape index (κ2) is 5.93. The third kappa shape index (κ3) is 3.27. The van der Waals surface area contributed by atoms with Gasteiger partial charge in [-0.2, -0.15) is 0 Å². The monoisotopic (exact) mass is 291 g/mol. The summed E-state index contributed by atoms with van der Waals surface area (Å²) in [5, 5.41) is 11.3. The third-order valence-electron chi connectivity index (χ3n) is 2.18. The van der Waals surface area contributed by atoms with Crippen LogP contribution in [0.25, 0.3) is 0 Å². The van der Waals surface area contributed by atoms with Crippen LogP contribution in [0.2, 0.25) is 10.0 Å². The summed E-state index contributed by atoms with van der Waals surface area (Å²) >= 11 is 11.7. The largest absolute Gasteiger partial charge is 0.494 e. The van der Waals surface area contributed by atoms with Gasteiger partial charge in [0.05, 0.1) is 17.2 Å². The SMILES string of the molecule is COc1c(Cl)cc(C(=O)N[C@@H](C)C(=O)O)cc1Cl. The molecule has 0 saturated carbocycles. The number of rotatable bonds is 4. The predicted octanol–water partition coefficient (Wildman–Crippen LogP) is 2.20. The first kappa shape index (κ1) is 14.6. The molecule has 0 aliphatic rings. The fourth-order valence-electron chi connectivity index (χ4n) is 1.23. The first-order valence-electron chi connectivity index (χ1n) is 4.93. The number of hydrogen-bond donors (Lipinski definition) is 2. The van der Waals surface area contributed by atoms with Crippen LogP contribution in [0, 0.1) is 0 Å². The van der Waals surface area contributed by atoms with E-state index >= 15 is 0 Å². The van der Waals surface area contributed by atoms with E-state index in [1.54, 1.807) is 0 Å². The molecule has 0 saturated heterocycles. The molecule has 0 heterocycles. The van der Waals surface area contributed by atoms with Crippen LogP contribution < -0.4 is 10.1 Å². The van der Waals surface area contributed by atoms with Crippen LogP contribution >= 0.6 is 23.2 Å². The Hall–Kier alpha value is -1.46. The highest BCUT2D eigenvalue weighted by Gasteiger charge is 2.17. The van der Waals surface area contributed by atoms with Gasteiger partial charge >= 0.3 is 5.97 Å². The van der Waals surface area contributed by atoms with Gasteiger partial charge in [-0.3, -0.25) is 9.59 Å². The topological polar surface area (TPSA) is 75.6 Å². The summed E-state index contributed by atoms with van der Waals surface area (Å²) in [6, 6.07) is 1.71. The zero-order valence-corrected chi connectivity index (χ0v) is 11.2. The van der Waals surface area contributed by atoms with Gasteiger partial charge < -0.3 is 15.2 Å². The first-order chi connectivity index (χ1) is 8.36. The smallest absolute Gasteiger partial charge is 0.325 e. The number of carboxylic acid groups (broad SMARTS) is 1. The lowest BCUT2D eigenvalue weighted by molar-refractivity contribution is -0.138. The molecule has 0 aromatic heterocycles. The Morgan fingerprint density at radius 2 is 1.83 bits per heavy atom. The van der Waals surface area contributed by atoms with Crippen LogP contribution in [-0.2, 0) is 4.79 Å². The molecule has 0 radical (unpaired) electrons. The molecule has 1 rings (SSSR count). The van der Waals surface area contributed by atoms with Gasteiger partial charge in [0.25, 0.3) is 5.91 Å². The van der Waals surface area contributed by atoms with Crippen molar-refractivity contribution in [1.82, 2.24) is 5.32 Å². The van der Waals surface area contributed by atoms with E-state index in [9.17, 15) is 9.59 Å². The van der Waals surface area contributed by atoms with Gasteiger partial charge in [-0.1, -0.05) is 23.2 Å². The van der Waals surface area contributed by atoms with Crippen LogP contribution in [0.1, 0.15) is 17.3 Å². The highest BCUT2D eigenvalue weighted by Crippen LogP contribution is 2.33. The van der Waals surface area contributed by atoms with E-state index < -0.39 is 17.9 Å². The molecule has 98 valence electrons. The normalized spacial score (nSPS) is 11.8. The van der Waals surface area contributed by atoms with Gasteiger partial charge in [0, 0.05) is 5.56 Å². The Balaban J connectivity index is 2.97. The summed E-state index contributed by atoms with van der Waals surface area (Å²) in [4.78, 5) is 22.3. The quantitative estimate of drug-likeness (QED) is 0.892. The van der Waals surface area contributed by atoms with Crippen molar-refractivity contribution < 1.29 is 19.4 Å². The summed E-state index contributed by atoms with van der Waals surface area (Å²) < 4.78 is 4.94. The van der Waals surface area contributed by atoms with Gasteiger partial charge in [0.15, 0.2) is 5.75 Å². The Morgan fingerprint density at radius 1 is 1.33 bits per heavy atom. The number of nitrogens with one attached hydrogen (secondary N) is 1. The highest BCUT2D eigenvalue weighted by atomic mass is 35.5. The number of methoxy groups -OCH3 is 1. The van der Waals surface area contributed by atoms with E-state index in [1.165, 1.54) is 26.2 Å². The number of carboxylic acids is 1. The third-order valence-corrected chi connectivity index (χ3v) is 2.74. The lowest BCUT2D eigenvalue weighted by Gasteiger charge is -2.11. The van der Waals surface area contributed by atoms with Crippen molar-refractivity contribution in [1.29, 1.82) is 0 Å². The van der Waals surface area contributed by atoms with E-state index in [4.69, 9.17) is 33.0 Å². The van der Waals surface area contributed by atoms with Gasteiger partial charge in [0.1, 0.15) is 6.04 Å². The van der Waals surface area contributed by atoms with Crippen molar-refractivity contribution >= 4 is 35.1 Å². The molecular weight excluding hydrogens is 281 g/mol. The van der Waals surface area contributed by atoms with Gasteiger partial charge in [-0.15, -0.1) is 0 Å². The van der Waals surface area contributed by atoms with Crippen LogP contribution in [0.4, 0.5) is 0 Å². The molecule has 0 spiro atoms. The van der Waals surface area contributed by atoms with E-state index in [0.717, 1.165) is 0 Å². The van der Waals surface area contributed by atoms with Crippen molar-refractivity contribution in [2.45, 2.75) is 13.0 Å². The molecule has 18 heavy (non-hydrogen) atoms. The molecule has 0 bridgehead atoms. The summed E-state index contributed by atoms with van der Waals surface area (Å²) in [6.07, 6.45) is 0. The number of benzene rings is 1. The van der Waals surface area contributed by atoms with Crippen LogP contribution in [-0.4, -0.2) is 30.1 Å². The lowest BCUT2D eigenvalue weighted by Crippen LogP contribution is -2.38. The zero-order valence-electron chi connectivity index (χ0n) is 9.66. The summed E-state index contributed by atoms with van der Waals surface area (Å²) in [7, 11) is 1.40. The van der Waals surface area contributed by atoms with E-state index in [-0.39, 0.29) is 21.4 Å². The number of carbonyl (C=O) groups excluding carboxylic acids is 1. The molecule has 1 amide bonds. The lowest BCUT2D eigenvalue weighted by atomic mass is 10.2. The zero-order chi connectivity index (χ0) is 13.9. The predicted molar refractivity (Wildman–Crippen MR) is 67.6 cm³/mol. The average molecular weight is 292 g/mol. The molecule has 5 nitrogen and oxygen atoms in total. The molecule has 2 N–H and O–H groups in total. The number of halogens is 2. The molecule has 0 aliphatic heterocycles. The molecule has 0 aliphatic carbocycles. The van der Waals surface area contributed by atoms with Crippen molar-refractivity contribution in [3.8, 4) is 5.75 Å². The molecule has 1 atom stereocenters. The minimum atomic E-state index is -1.13. The molecular formula is C11H11Cl2NO4. The number of aliphatic carboxylic acids is 1. The Bertz CT molecular complexity index is 467. The van der Waals surface area contributed by atoms with E-state index in [2.05, 4.69) is 5.32 Å². The van der Waals surface area contributed by atoms with E-state index in [0.29, 0.717) is 0 Å². The van der Waals surface area contributed by atoms with Crippen LogP contribution in [0.5, 0.6) is 5.75 Å². The number of amides is 1. The molecule has 0 unspecified atom stereocenters. The van der Waals surface area contributed by atoms with Crippen LogP contribution in [0.3, 0.4) is 0 Å². The number of hydrogen-bond acceptors (Lipinski definition) is 3. The highest BCUT2D eigenvalue weighted by molar-refractivity contribution is 6.37. The summed E-state index contributed by atoms with van der Waals surface area (Å²) in [5.41, 5.74) is 0.166. The van der Waals surface area contributed by atoms with Crippen LogP contribution in [0.15, 0.2) is 12.1 Å². The van der Waals surface area contributed by atoms with Crippen molar-refractivity contribution in [3.05, 3.63) is 27.7 Å². The summed E-state index contributed by atoms with van der Waals surface area (Å²) in [5.74, 6) is -1.44. The molecule has 7 heteroatoms. The van der Waals surface area contributed by atoms with Gasteiger partial charge in [-0.05, 0) is 19.1 Å². The van der Waals surface area contributed by atoms with Crippen molar-refractivity contribution in [3.63, 3.8) is 0 Å². The molecule has 0 fully saturated rings. The minimum Gasteiger partial charge on any atom is -0.494 e. The fraction of sp³-hybridized carbons (Fsp3) is 0.273. The maximum Gasteiger partial charge on any atom is 0.325 e. The second-order valence-corrected chi connectivity index (χ2v) is 4.32. The Morgan fingerprint density at radius 3 is 2.22 bits per heavy atom. The van der Waals surface area contributed by atoms with Crippen molar-refractivity contribution in [2.24, 2.45) is 0 Å². The number of carbonyl (C=O) groups is 2. The summed E-state index contributed by atoms with van der Waals surface area (Å²) in [6.45, 7) is 1.35. The van der Waals surface area contributed by atoms with Gasteiger partial charge in [0.2, 0.25) is 0 Å². The maximum absolute atomic E-state index is 11.7. The van der Waals surface area contributed by atoms with Gasteiger partial charge in [-0.25, -0.2) is 0 Å².